The Hall–Kier alpha value is -4.82. The summed E-state index contributed by atoms with van der Waals surface area (Å²) in [5.41, 5.74) is 5.51. The molecule has 1 aliphatic heterocycles. The van der Waals surface area contributed by atoms with Gasteiger partial charge in [-0.05, 0) is 55.8 Å². The van der Waals surface area contributed by atoms with E-state index in [1.165, 1.54) is 0 Å². The van der Waals surface area contributed by atoms with E-state index >= 15 is 0 Å². The van der Waals surface area contributed by atoms with Gasteiger partial charge in [0.05, 0.1) is 40.6 Å². The van der Waals surface area contributed by atoms with Gasteiger partial charge in [0.15, 0.2) is 0 Å². The number of anilines is 2. The van der Waals surface area contributed by atoms with Crippen LogP contribution in [0.5, 0.6) is 0 Å². The number of benzene rings is 1. The second-order valence-electron chi connectivity index (χ2n) is 9.00. The SMILES string of the molecule is CN1Cc2cnc3ccc(-c4ccc(C#N)nc4)nc3c2N(c2ccc(C(C)(C)C#N)cc2)C1=O. The molecule has 0 spiro atoms. The molecule has 0 unspecified atom stereocenters. The smallest absolute Gasteiger partial charge is 0.323 e. The van der Waals surface area contributed by atoms with Gasteiger partial charge in [-0.1, -0.05) is 12.1 Å². The fourth-order valence-electron chi connectivity index (χ4n) is 4.15. The summed E-state index contributed by atoms with van der Waals surface area (Å²) in [6.07, 6.45) is 3.40. The Morgan fingerprint density at radius 3 is 2.40 bits per heavy atom. The molecule has 0 bridgehead atoms. The second kappa shape index (κ2) is 8.19. The first-order valence-corrected chi connectivity index (χ1v) is 11.0. The van der Waals surface area contributed by atoms with Gasteiger partial charge in [-0.25, -0.2) is 14.8 Å². The molecule has 0 radical (unpaired) electrons. The molecular formula is C27H21N7O. The maximum atomic E-state index is 13.4. The average molecular weight is 460 g/mol. The number of urea groups is 1. The van der Waals surface area contributed by atoms with Gasteiger partial charge in [-0.2, -0.15) is 10.5 Å². The number of aromatic nitrogens is 3. The van der Waals surface area contributed by atoms with Crippen LogP contribution in [0.1, 0.15) is 30.7 Å². The Labute approximate surface area is 202 Å². The second-order valence-corrected chi connectivity index (χ2v) is 9.00. The predicted molar refractivity (Wildman–Crippen MR) is 132 cm³/mol. The zero-order valence-corrected chi connectivity index (χ0v) is 19.5. The molecule has 4 heterocycles. The van der Waals surface area contributed by atoms with Crippen LogP contribution in [0.4, 0.5) is 16.2 Å². The van der Waals surface area contributed by atoms with Gasteiger partial charge in [0, 0.05) is 30.6 Å². The number of hydrogen-bond donors (Lipinski definition) is 0. The van der Waals surface area contributed by atoms with Crippen molar-refractivity contribution >= 4 is 28.4 Å². The van der Waals surface area contributed by atoms with Gasteiger partial charge in [0.1, 0.15) is 17.3 Å². The summed E-state index contributed by atoms with van der Waals surface area (Å²) in [6.45, 7) is 4.14. The molecule has 8 nitrogen and oxygen atoms in total. The molecule has 1 aliphatic rings. The van der Waals surface area contributed by atoms with Crippen LogP contribution in [0, 0.1) is 22.7 Å². The molecule has 2 amide bonds. The lowest BCUT2D eigenvalue weighted by Crippen LogP contribution is -2.42. The number of carbonyl (C=O) groups excluding carboxylic acids is 1. The maximum absolute atomic E-state index is 13.4. The minimum absolute atomic E-state index is 0.176. The van der Waals surface area contributed by atoms with Crippen molar-refractivity contribution in [2.45, 2.75) is 25.8 Å². The number of rotatable bonds is 3. The molecule has 0 atom stereocenters. The van der Waals surface area contributed by atoms with Crippen molar-refractivity contribution in [3.05, 3.63) is 77.7 Å². The van der Waals surface area contributed by atoms with Crippen LogP contribution in [0.15, 0.2) is 60.9 Å². The third kappa shape index (κ3) is 3.71. The highest BCUT2D eigenvalue weighted by molar-refractivity contribution is 6.08. The van der Waals surface area contributed by atoms with E-state index in [1.54, 1.807) is 41.4 Å². The monoisotopic (exact) mass is 459 g/mol. The largest absolute Gasteiger partial charge is 0.329 e. The van der Waals surface area contributed by atoms with Gasteiger partial charge >= 0.3 is 6.03 Å². The zero-order chi connectivity index (χ0) is 24.7. The van der Waals surface area contributed by atoms with Crippen molar-refractivity contribution in [3.63, 3.8) is 0 Å². The number of amides is 2. The summed E-state index contributed by atoms with van der Waals surface area (Å²) >= 11 is 0. The lowest BCUT2D eigenvalue weighted by atomic mass is 9.86. The summed E-state index contributed by atoms with van der Waals surface area (Å²) in [5.74, 6) is 0. The first kappa shape index (κ1) is 22.0. The summed E-state index contributed by atoms with van der Waals surface area (Å²) < 4.78 is 0. The van der Waals surface area contributed by atoms with Crippen LogP contribution >= 0.6 is 0 Å². The van der Waals surface area contributed by atoms with E-state index in [1.807, 2.05) is 56.3 Å². The van der Waals surface area contributed by atoms with Crippen molar-refractivity contribution in [2.75, 3.05) is 11.9 Å². The van der Waals surface area contributed by atoms with Crippen LogP contribution in [0.25, 0.3) is 22.3 Å². The highest BCUT2D eigenvalue weighted by Crippen LogP contribution is 2.39. The number of fused-ring (bicyclic) bond motifs is 3. The first-order chi connectivity index (χ1) is 16.8. The average Bonchev–Trinajstić information content (AvgIpc) is 2.89. The molecule has 8 heteroatoms. The molecule has 1 aromatic carbocycles. The van der Waals surface area contributed by atoms with E-state index in [9.17, 15) is 10.1 Å². The maximum Gasteiger partial charge on any atom is 0.329 e. The molecule has 0 fully saturated rings. The van der Waals surface area contributed by atoms with Gasteiger partial charge in [-0.15, -0.1) is 0 Å². The minimum atomic E-state index is -0.638. The molecule has 0 N–H and O–H groups in total. The fraction of sp³-hybridized carbons (Fsp3) is 0.185. The van der Waals surface area contributed by atoms with Crippen LogP contribution in [0.2, 0.25) is 0 Å². The number of hydrogen-bond acceptors (Lipinski definition) is 6. The lowest BCUT2D eigenvalue weighted by Gasteiger charge is -2.35. The predicted octanol–water partition coefficient (Wildman–Crippen LogP) is 5.07. The van der Waals surface area contributed by atoms with E-state index in [0.717, 1.165) is 16.7 Å². The van der Waals surface area contributed by atoms with Crippen molar-refractivity contribution in [3.8, 4) is 23.4 Å². The summed E-state index contributed by atoms with van der Waals surface area (Å²) in [4.78, 5) is 30.3. The van der Waals surface area contributed by atoms with Crippen LogP contribution in [-0.2, 0) is 12.0 Å². The van der Waals surface area contributed by atoms with Crippen molar-refractivity contribution in [1.82, 2.24) is 19.9 Å². The molecule has 0 saturated carbocycles. The fourth-order valence-corrected chi connectivity index (χ4v) is 4.15. The number of nitriles is 2. The zero-order valence-electron chi connectivity index (χ0n) is 19.5. The summed E-state index contributed by atoms with van der Waals surface area (Å²) in [7, 11) is 1.75. The third-order valence-corrected chi connectivity index (χ3v) is 6.21. The number of nitrogens with zero attached hydrogens (tertiary/aromatic N) is 7. The van der Waals surface area contributed by atoms with Gasteiger partial charge < -0.3 is 4.90 Å². The molecule has 3 aromatic heterocycles. The van der Waals surface area contributed by atoms with Crippen molar-refractivity contribution < 1.29 is 4.79 Å². The molecule has 5 rings (SSSR count). The third-order valence-electron chi connectivity index (χ3n) is 6.21. The van der Waals surface area contributed by atoms with Crippen molar-refractivity contribution in [1.29, 1.82) is 10.5 Å². The summed E-state index contributed by atoms with van der Waals surface area (Å²) in [5, 5.41) is 18.5. The van der Waals surface area contributed by atoms with Crippen molar-refractivity contribution in [2.24, 2.45) is 0 Å². The number of pyridine rings is 3. The normalized spacial score (nSPS) is 13.3. The summed E-state index contributed by atoms with van der Waals surface area (Å²) in [6, 6.07) is 18.8. The Morgan fingerprint density at radius 1 is 0.971 bits per heavy atom. The highest BCUT2D eigenvalue weighted by atomic mass is 16.2. The van der Waals surface area contributed by atoms with Gasteiger partial charge in [-0.3, -0.25) is 9.88 Å². The van der Waals surface area contributed by atoms with E-state index in [-0.39, 0.29) is 6.03 Å². The molecule has 4 aromatic rings. The Balaban J connectivity index is 1.68. The minimum Gasteiger partial charge on any atom is -0.323 e. The standard InChI is InChI=1S/C27H21N7O/c1-27(2,16-29)19-5-8-21(9-6-19)34-25-18(15-33(3)26(34)35)14-31-23-11-10-22(32-24(23)25)17-4-7-20(12-28)30-13-17/h4-11,13-14H,15H2,1-3H3. The van der Waals surface area contributed by atoms with Crippen LogP contribution in [0.3, 0.4) is 0 Å². The first-order valence-electron chi connectivity index (χ1n) is 11.0. The molecule has 170 valence electrons. The quantitative estimate of drug-likeness (QED) is 0.423. The van der Waals surface area contributed by atoms with E-state index < -0.39 is 5.41 Å². The molecule has 0 saturated heterocycles. The van der Waals surface area contributed by atoms with E-state index in [4.69, 9.17) is 10.2 Å². The van der Waals surface area contributed by atoms with E-state index in [2.05, 4.69) is 16.0 Å². The van der Waals surface area contributed by atoms with E-state index in [0.29, 0.717) is 40.3 Å². The number of carbonyl (C=O) groups is 1. The highest BCUT2D eigenvalue weighted by Gasteiger charge is 2.32. The molecular weight excluding hydrogens is 438 g/mol. The Morgan fingerprint density at radius 2 is 1.74 bits per heavy atom. The Bertz CT molecular complexity index is 1540. The topological polar surface area (TPSA) is 110 Å². The molecule has 35 heavy (non-hydrogen) atoms. The van der Waals surface area contributed by atoms with Gasteiger partial charge in [0.2, 0.25) is 0 Å². The van der Waals surface area contributed by atoms with Crippen LogP contribution < -0.4 is 4.90 Å². The molecule has 0 aliphatic carbocycles. The van der Waals surface area contributed by atoms with Gasteiger partial charge in [0.25, 0.3) is 0 Å². The van der Waals surface area contributed by atoms with Crippen LogP contribution in [-0.4, -0.2) is 32.9 Å². The lowest BCUT2D eigenvalue weighted by molar-refractivity contribution is 0.213. The Kier molecular flexibility index (Phi) is 5.15.